The van der Waals surface area contributed by atoms with Crippen molar-refractivity contribution in [3.63, 3.8) is 0 Å². The lowest BCUT2D eigenvalue weighted by Crippen LogP contribution is -2.29. The molecule has 2 aromatic rings. The first-order valence-corrected chi connectivity index (χ1v) is 8.77. The number of hydrogen-bond acceptors (Lipinski definition) is 4. The normalized spacial score (nSPS) is 14.0. The quantitative estimate of drug-likeness (QED) is 0.842. The molecule has 2 aromatic carbocycles. The Morgan fingerprint density at radius 2 is 1.80 bits per heavy atom. The van der Waals surface area contributed by atoms with Crippen LogP contribution < -0.4 is 20.3 Å². The number of carbonyl (C=O) groups excluding carboxylic acids is 1. The van der Waals surface area contributed by atoms with Gasteiger partial charge in [0, 0.05) is 36.2 Å². The minimum Gasteiger partial charge on any atom is -0.497 e. The predicted molar refractivity (Wildman–Crippen MR) is 103 cm³/mol. The Kier molecular flexibility index (Phi) is 5.77. The summed E-state index contributed by atoms with van der Waals surface area (Å²) in [6.45, 7) is 2.45. The maximum atomic E-state index is 12.1. The van der Waals surface area contributed by atoms with Gasteiger partial charge in [0.1, 0.15) is 5.75 Å². The number of ether oxygens (including phenoxy) is 1. The van der Waals surface area contributed by atoms with E-state index < -0.39 is 0 Å². The highest BCUT2D eigenvalue weighted by atomic mass is 16.5. The monoisotopic (exact) mass is 339 g/mol. The third-order valence-electron chi connectivity index (χ3n) is 4.40. The van der Waals surface area contributed by atoms with Gasteiger partial charge in [-0.2, -0.15) is 0 Å². The SMILES string of the molecule is COc1cccc(NCC(=O)Nc2ccc(N3CCCCC3)cc2)c1. The number of nitrogens with one attached hydrogen (secondary N) is 2. The largest absolute Gasteiger partial charge is 0.497 e. The van der Waals surface area contributed by atoms with Crippen LogP contribution in [-0.4, -0.2) is 32.7 Å². The minimum atomic E-state index is -0.0754. The zero-order valence-electron chi connectivity index (χ0n) is 14.6. The molecule has 1 heterocycles. The number of nitrogens with zero attached hydrogens (tertiary/aromatic N) is 1. The summed E-state index contributed by atoms with van der Waals surface area (Å²) in [5.41, 5.74) is 2.90. The van der Waals surface area contributed by atoms with Gasteiger partial charge in [0.25, 0.3) is 0 Å². The first kappa shape index (κ1) is 17.1. The molecule has 2 N–H and O–H groups in total. The maximum absolute atomic E-state index is 12.1. The standard InChI is InChI=1S/C20H25N3O2/c1-25-19-7-5-6-17(14-19)21-15-20(24)22-16-8-10-18(11-9-16)23-12-3-2-4-13-23/h5-11,14,21H,2-4,12-13,15H2,1H3,(H,22,24). The number of hydrogen-bond donors (Lipinski definition) is 2. The van der Waals surface area contributed by atoms with Crippen LogP contribution in [0.3, 0.4) is 0 Å². The molecule has 0 aromatic heterocycles. The Balaban J connectivity index is 1.50. The van der Waals surface area contributed by atoms with Crippen LogP contribution in [-0.2, 0) is 4.79 Å². The second-order valence-electron chi connectivity index (χ2n) is 6.23. The lowest BCUT2D eigenvalue weighted by Gasteiger charge is -2.28. The van der Waals surface area contributed by atoms with Crippen molar-refractivity contribution in [2.24, 2.45) is 0 Å². The van der Waals surface area contributed by atoms with Crippen LogP contribution in [0, 0.1) is 0 Å². The summed E-state index contributed by atoms with van der Waals surface area (Å²) < 4.78 is 5.17. The van der Waals surface area contributed by atoms with Gasteiger partial charge >= 0.3 is 0 Å². The van der Waals surface area contributed by atoms with Crippen LogP contribution in [0.25, 0.3) is 0 Å². The van der Waals surface area contributed by atoms with Crippen LogP contribution in [0.2, 0.25) is 0 Å². The fourth-order valence-corrected chi connectivity index (χ4v) is 3.03. The van der Waals surface area contributed by atoms with Gasteiger partial charge < -0.3 is 20.3 Å². The molecule has 1 aliphatic rings. The van der Waals surface area contributed by atoms with E-state index in [2.05, 4.69) is 27.7 Å². The van der Waals surface area contributed by atoms with Crippen LogP contribution in [0.4, 0.5) is 17.1 Å². The molecule has 3 rings (SSSR count). The number of methoxy groups -OCH3 is 1. The van der Waals surface area contributed by atoms with Crippen molar-refractivity contribution in [2.75, 3.05) is 42.3 Å². The Hall–Kier alpha value is -2.69. The van der Waals surface area contributed by atoms with Gasteiger partial charge in [-0.25, -0.2) is 0 Å². The molecule has 1 saturated heterocycles. The molecule has 0 atom stereocenters. The molecule has 1 fully saturated rings. The van der Waals surface area contributed by atoms with Gasteiger partial charge in [-0.3, -0.25) is 4.79 Å². The van der Waals surface area contributed by atoms with Crippen molar-refractivity contribution in [1.29, 1.82) is 0 Å². The van der Waals surface area contributed by atoms with Gasteiger partial charge in [-0.1, -0.05) is 6.07 Å². The highest BCUT2D eigenvalue weighted by Crippen LogP contribution is 2.22. The van der Waals surface area contributed by atoms with Crippen LogP contribution in [0.15, 0.2) is 48.5 Å². The summed E-state index contributed by atoms with van der Waals surface area (Å²) in [6.07, 6.45) is 3.84. The third-order valence-corrected chi connectivity index (χ3v) is 4.40. The molecule has 5 heteroatoms. The van der Waals surface area contributed by atoms with E-state index in [9.17, 15) is 4.79 Å². The Bertz CT molecular complexity index is 694. The summed E-state index contributed by atoms with van der Waals surface area (Å²) >= 11 is 0. The van der Waals surface area contributed by atoms with Crippen LogP contribution >= 0.6 is 0 Å². The second-order valence-corrected chi connectivity index (χ2v) is 6.23. The fraction of sp³-hybridized carbons (Fsp3) is 0.350. The van der Waals surface area contributed by atoms with Crippen molar-refractivity contribution in [3.8, 4) is 5.75 Å². The van der Waals surface area contributed by atoms with Crippen molar-refractivity contribution >= 4 is 23.0 Å². The van der Waals surface area contributed by atoms with E-state index in [0.29, 0.717) is 0 Å². The van der Waals surface area contributed by atoms with E-state index >= 15 is 0 Å². The highest BCUT2D eigenvalue weighted by molar-refractivity contribution is 5.93. The molecule has 132 valence electrons. The molecule has 0 saturated carbocycles. The number of piperidine rings is 1. The van der Waals surface area contributed by atoms with E-state index in [4.69, 9.17) is 4.74 Å². The molecule has 0 radical (unpaired) electrons. The van der Waals surface area contributed by atoms with Gasteiger partial charge in [-0.15, -0.1) is 0 Å². The first-order valence-electron chi connectivity index (χ1n) is 8.77. The zero-order chi connectivity index (χ0) is 17.5. The second kappa shape index (κ2) is 8.42. The van der Waals surface area contributed by atoms with E-state index in [1.165, 1.54) is 24.9 Å². The summed E-state index contributed by atoms with van der Waals surface area (Å²) in [5.74, 6) is 0.687. The molecule has 1 aliphatic heterocycles. The lowest BCUT2D eigenvalue weighted by molar-refractivity contribution is -0.114. The average molecular weight is 339 g/mol. The predicted octanol–water partition coefficient (Wildman–Crippen LogP) is 3.74. The van der Waals surface area contributed by atoms with Gasteiger partial charge in [0.2, 0.25) is 5.91 Å². The Morgan fingerprint density at radius 1 is 1.04 bits per heavy atom. The van der Waals surface area contributed by atoms with E-state index in [0.717, 1.165) is 30.2 Å². The number of rotatable bonds is 6. The van der Waals surface area contributed by atoms with Crippen LogP contribution in [0.1, 0.15) is 19.3 Å². The van der Waals surface area contributed by atoms with Crippen molar-refractivity contribution in [3.05, 3.63) is 48.5 Å². The molecule has 5 nitrogen and oxygen atoms in total. The van der Waals surface area contributed by atoms with E-state index in [1.54, 1.807) is 7.11 Å². The highest BCUT2D eigenvalue weighted by Gasteiger charge is 2.11. The first-order chi connectivity index (χ1) is 12.2. The topological polar surface area (TPSA) is 53.6 Å². The fourth-order valence-electron chi connectivity index (χ4n) is 3.03. The molecular weight excluding hydrogens is 314 g/mol. The van der Waals surface area contributed by atoms with Gasteiger partial charge in [-0.05, 0) is 55.7 Å². The minimum absolute atomic E-state index is 0.0754. The van der Waals surface area contributed by atoms with Crippen molar-refractivity contribution in [1.82, 2.24) is 0 Å². The summed E-state index contributed by atoms with van der Waals surface area (Å²) in [5, 5.41) is 6.02. The smallest absolute Gasteiger partial charge is 0.243 e. The number of carbonyl (C=O) groups is 1. The summed E-state index contributed by atoms with van der Waals surface area (Å²) in [6, 6.07) is 15.6. The van der Waals surface area contributed by atoms with E-state index in [-0.39, 0.29) is 12.5 Å². The van der Waals surface area contributed by atoms with Gasteiger partial charge in [0.15, 0.2) is 0 Å². The summed E-state index contributed by atoms with van der Waals surface area (Å²) in [4.78, 5) is 14.5. The van der Waals surface area contributed by atoms with E-state index in [1.807, 2.05) is 36.4 Å². The molecule has 1 amide bonds. The molecule has 0 bridgehead atoms. The van der Waals surface area contributed by atoms with Gasteiger partial charge in [0.05, 0.1) is 13.7 Å². The molecule has 0 aliphatic carbocycles. The lowest BCUT2D eigenvalue weighted by atomic mass is 10.1. The zero-order valence-corrected chi connectivity index (χ0v) is 14.6. The number of benzene rings is 2. The average Bonchev–Trinajstić information content (AvgIpc) is 2.68. The Labute approximate surface area is 149 Å². The van der Waals surface area contributed by atoms with Crippen molar-refractivity contribution in [2.45, 2.75) is 19.3 Å². The summed E-state index contributed by atoms with van der Waals surface area (Å²) in [7, 11) is 1.62. The molecule has 25 heavy (non-hydrogen) atoms. The third kappa shape index (κ3) is 4.89. The van der Waals surface area contributed by atoms with Crippen LogP contribution in [0.5, 0.6) is 5.75 Å². The maximum Gasteiger partial charge on any atom is 0.243 e. The van der Waals surface area contributed by atoms with Crippen molar-refractivity contribution < 1.29 is 9.53 Å². The molecule has 0 unspecified atom stereocenters. The molecule has 0 spiro atoms. The Morgan fingerprint density at radius 3 is 2.52 bits per heavy atom. The number of anilines is 3. The molecular formula is C20H25N3O2. The number of amides is 1.